The Morgan fingerprint density at radius 1 is 1.14 bits per heavy atom. The van der Waals surface area contributed by atoms with E-state index in [0.29, 0.717) is 12.0 Å². The average molecular weight is 302 g/mol. The van der Waals surface area contributed by atoms with Gasteiger partial charge in [0.25, 0.3) is 0 Å². The lowest BCUT2D eigenvalue weighted by Gasteiger charge is -2.37. The molecular weight excluding hydrogens is 282 g/mol. The Kier molecular flexibility index (Phi) is 4.07. The Morgan fingerprint density at radius 2 is 1.95 bits per heavy atom. The van der Waals surface area contributed by atoms with E-state index in [1.54, 1.807) is 7.11 Å². The fourth-order valence-corrected chi connectivity index (χ4v) is 3.10. The van der Waals surface area contributed by atoms with E-state index in [2.05, 4.69) is 42.6 Å². The Labute approximate surface area is 131 Å². The second kappa shape index (κ2) is 5.98. The van der Waals surface area contributed by atoms with E-state index in [4.69, 9.17) is 16.3 Å². The summed E-state index contributed by atoms with van der Waals surface area (Å²) >= 11 is 6.06. The molecule has 1 fully saturated rings. The van der Waals surface area contributed by atoms with Gasteiger partial charge in [-0.2, -0.15) is 0 Å². The maximum Gasteiger partial charge on any atom is 0.142 e. The maximum atomic E-state index is 6.06. The van der Waals surface area contributed by atoms with Crippen LogP contribution in [0.2, 0.25) is 5.02 Å². The lowest BCUT2D eigenvalue weighted by molar-refractivity contribution is 0.370. The fourth-order valence-electron chi connectivity index (χ4n) is 2.91. The molecule has 3 rings (SSSR count). The molecule has 0 amide bonds. The second-order valence-corrected chi connectivity index (χ2v) is 6.20. The predicted molar refractivity (Wildman–Crippen MR) is 88.6 cm³/mol. The summed E-state index contributed by atoms with van der Waals surface area (Å²) in [5.74, 6) is 1.53. The monoisotopic (exact) mass is 301 g/mol. The smallest absolute Gasteiger partial charge is 0.142 e. The number of ether oxygens (including phenoxy) is 1. The van der Waals surface area contributed by atoms with Crippen LogP contribution in [0.25, 0.3) is 0 Å². The number of hydrogen-bond acceptors (Lipinski definition) is 2. The van der Waals surface area contributed by atoms with Crippen molar-refractivity contribution in [3.05, 3.63) is 58.6 Å². The largest absolute Gasteiger partial charge is 0.495 e. The molecule has 0 atom stereocenters. The van der Waals surface area contributed by atoms with Gasteiger partial charge in [-0.15, -0.1) is 0 Å². The van der Waals surface area contributed by atoms with Crippen molar-refractivity contribution in [3.8, 4) is 5.75 Å². The molecule has 0 bridgehead atoms. The number of nitrogens with one attached hydrogen (secondary N) is 1. The highest BCUT2D eigenvalue weighted by atomic mass is 35.5. The van der Waals surface area contributed by atoms with Gasteiger partial charge >= 0.3 is 0 Å². The molecule has 110 valence electrons. The predicted octanol–water partition coefficient (Wildman–Crippen LogP) is 5.02. The number of anilines is 1. The zero-order valence-corrected chi connectivity index (χ0v) is 13.2. The fraction of sp³-hybridized carbons (Fsp3) is 0.333. The summed E-state index contributed by atoms with van der Waals surface area (Å²) in [6, 6.07) is 15.0. The first kappa shape index (κ1) is 14.3. The van der Waals surface area contributed by atoms with Crippen molar-refractivity contribution in [2.45, 2.75) is 31.7 Å². The number of benzene rings is 2. The van der Waals surface area contributed by atoms with E-state index in [-0.39, 0.29) is 0 Å². The first-order valence-electron chi connectivity index (χ1n) is 7.32. The zero-order valence-electron chi connectivity index (χ0n) is 12.4. The van der Waals surface area contributed by atoms with Gasteiger partial charge in [-0.1, -0.05) is 29.8 Å². The van der Waals surface area contributed by atoms with Crippen LogP contribution in [0, 0.1) is 6.92 Å². The highest BCUT2D eigenvalue weighted by Gasteiger charge is 2.30. The molecule has 1 aliphatic carbocycles. The van der Waals surface area contributed by atoms with Gasteiger partial charge in [0.15, 0.2) is 0 Å². The highest BCUT2D eigenvalue weighted by molar-refractivity contribution is 6.30. The van der Waals surface area contributed by atoms with Crippen molar-refractivity contribution >= 4 is 17.3 Å². The van der Waals surface area contributed by atoms with Crippen LogP contribution in [0.5, 0.6) is 5.75 Å². The SMILES string of the molecule is COc1cc(C)ccc1NC1CC(c2cccc(Cl)c2)C1. The molecular formula is C18H20ClNO. The standard InChI is InChI=1S/C18H20ClNO/c1-12-6-7-17(18(8-12)21-2)20-16-10-14(11-16)13-4-3-5-15(19)9-13/h3-9,14,16,20H,10-11H2,1-2H3. The molecule has 0 aromatic heterocycles. The third-order valence-electron chi connectivity index (χ3n) is 4.17. The average Bonchev–Trinajstić information content (AvgIpc) is 2.43. The van der Waals surface area contributed by atoms with Crippen LogP contribution < -0.4 is 10.1 Å². The van der Waals surface area contributed by atoms with Crippen LogP contribution in [-0.2, 0) is 0 Å². The quantitative estimate of drug-likeness (QED) is 0.856. The maximum absolute atomic E-state index is 6.06. The van der Waals surface area contributed by atoms with E-state index in [1.165, 1.54) is 11.1 Å². The molecule has 1 N–H and O–H groups in total. The molecule has 2 nitrogen and oxygen atoms in total. The van der Waals surface area contributed by atoms with E-state index in [1.807, 2.05) is 12.1 Å². The van der Waals surface area contributed by atoms with E-state index < -0.39 is 0 Å². The normalized spacial score (nSPS) is 20.7. The Morgan fingerprint density at radius 3 is 2.67 bits per heavy atom. The van der Waals surface area contributed by atoms with Crippen molar-refractivity contribution in [1.82, 2.24) is 0 Å². The van der Waals surface area contributed by atoms with Crippen molar-refractivity contribution in [2.75, 3.05) is 12.4 Å². The van der Waals surface area contributed by atoms with Gasteiger partial charge in [0.1, 0.15) is 5.75 Å². The number of aryl methyl sites for hydroxylation is 1. The summed E-state index contributed by atoms with van der Waals surface area (Å²) in [5.41, 5.74) is 3.64. The first-order chi connectivity index (χ1) is 10.2. The lowest BCUT2D eigenvalue weighted by atomic mass is 9.76. The molecule has 1 aliphatic rings. The molecule has 0 radical (unpaired) electrons. The van der Waals surface area contributed by atoms with Crippen LogP contribution >= 0.6 is 11.6 Å². The van der Waals surface area contributed by atoms with Gasteiger partial charge < -0.3 is 10.1 Å². The lowest BCUT2D eigenvalue weighted by Crippen LogP contribution is -2.34. The zero-order chi connectivity index (χ0) is 14.8. The van der Waals surface area contributed by atoms with Gasteiger partial charge in [0.05, 0.1) is 12.8 Å². The van der Waals surface area contributed by atoms with Crippen molar-refractivity contribution < 1.29 is 4.74 Å². The van der Waals surface area contributed by atoms with E-state index >= 15 is 0 Å². The first-order valence-corrected chi connectivity index (χ1v) is 7.70. The van der Waals surface area contributed by atoms with Crippen molar-refractivity contribution in [1.29, 1.82) is 0 Å². The number of halogens is 1. The number of hydrogen-bond donors (Lipinski definition) is 1. The van der Waals surface area contributed by atoms with Crippen LogP contribution in [0.15, 0.2) is 42.5 Å². The van der Waals surface area contributed by atoms with Gasteiger partial charge in [-0.25, -0.2) is 0 Å². The molecule has 0 heterocycles. The minimum Gasteiger partial charge on any atom is -0.495 e. The minimum atomic E-state index is 0.505. The molecule has 2 aromatic rings. The van der Waals surface area contributed by atoms with Crippen LogP contribution in [0.3, 0.4) is 0 Å². The Hall–Kier alpha value is -1.67. The molecule has 0 aliphatic heterocycles. The summed E-state index contributed by atoms with van der Waals surface area (Å²) in [6.45, 7) is 2.07. The Balaban J connectivity index is 1.62. The summed E-state index contributed by atoms with van der Waals surface area (Å²) in [6.07, 6.45) is 2.27. The third kappa shape index (κ3) is 3.16. The molecule has 21 heavy (non-hydrogen) atoms. The van der Waals surface area contributed by atoms with E-state index in [9.17, 15) is 0 Å². The summed E-state index contributed by atoms with van der Waals surface area (Å²) in [5, 5.41) is 4.40. The third-order valence-corrected chi connectivity index (χ3v) is 4.41. The van der Waals surface area contributed by atoms with Gasteiger partial charge in [-0.05, 0) is 61.1 Å². The highest BCUT2D eigenvalue weighted by Crippen LogP contribution is 2.40. The molecule has 0 saturated heterocycles. The van der Waals surface area contributed by atoms with Crippen LogP contribution in [0.1, 0.15) is 29.9 Å². The molecule has 0 unspecified atom stereocenters. The number of rotatable bonds is 4. The molecule has 2 aromatic carbocycles. The van der Waals surface area contributed by atoms with Crippen LogP contribution in [0.4, 0.5) is 5.69 Å². The van der Waals surface area contributed by atoms with Gasteiger partial charge in [0.2, 0.25) is 0 Å². The van der Waals surface area contributed by atoms with Crippen LogP contribution in [-0.4, -0.2) is 13.2 Å². The molecule has 0 spiro atoms. The van der Waals surface area contributed by atoms with E-state index in [0.717, 1.165) is 29.3 Å². The number of methoxy groups -OCH3 is 1. The molecule has 3 heteroatoms. The van der Waals surface area contributed by atoms with Crippen molar-refractivity contribution in [3.63, 3.8) is 0 Å². The topological polar surface area (TPSA) is 21.3 Å². The molecule has 1 saturated carbocycles. The summed E-state index contributed by atoms with van der Waals surface area (Å²) in [4.78, 5) is 0. The summed E-state index contributed by atoms with van der Waals surface area (Å²) < 4.78 is 5.44. The van der Waals surface area contributed by atoms with Gasteiger partial charge in [-0.3, -0.25) is 0 Å². The second-order valence-electron chi connectivity index (χ2n) is 5.77. The van der Waals surface area contributed by atoms with Gasteiger partial charge in [0, 0.05) is 11.1 Å². The van der Waals surface area contributed by atoms with Crippen molar-refractivity contribution in [2.24, 2.45) is 0 Å². The Bertz CT molecular complexity index is 635. The minimum absolute atomic E-state index is 0.505. The summed E-state index contributed by atoms with van der Waals surface area (Å²) in [7, 11) is 1.72.